The lowest BCUT2D eigenvalue weighted by molar-refractivity contribution is 0.764. The normalized spacial score (nSPS) is 10.7. The second kappa shape index (κ2) is 3.25. The predicted octanol–water partition coefficient (Wildman–Crippen LogP) is 1.72. The van der Waals surface area contributed by atoms with Gasteiger partial charge in [0, 0.05) is 6.54 Å². The Kier molecular flexibility index (Phi) is 2.08. The fourth-order valence-electron chi connectivity index (χ4n) is 1.58. The maximum Gasteiger partial charge on any atom is 0.280 e. The van der Waals surface area contributed by atoms with Crippen LogP contribution in [0, 0.1) is 6.92 Å². The van der Waals surface area contributed by atoms with E-state index in [1.807, 2.05) is 36.6 Å². The van der Waals surface area contributed by atoms with E-state index < -0.39 is 0 Å². The maximum atomic E-state index is 11.5. The molecule has 0 N–H and O–H groups in total. The third-order valence-corrected chi connectivity index (χ3v) is 2.35. The molecule has 1 aromatic carbocycles. The molecule has 0 radical (unpaired) electrons. The van der Waals surface area contributed by atoms with Crippen LogP contribution in [0.1, 0.15) is 12.5 Å². The molecule has 2 rings (SSSR count). The summed E-state index contributed by atoms with van der Waals surface area (Å²) in [4.78, 5) is 15.3. The van der Waals surface area contributed by atoms with E-state index in [2.05, 4.69) is 4.98 Å². The van der Waals surface area contributed by atoms with Crippen molar-refractivity contribution in [3.8, 4) is 0 Å². The monoisotopic (exact) mass is 188 g/mol. The van der Waals surface area contributed by atoms with Crippen LogP contribution in [-0.4, -0.2) is 9.55 Å². The molecule has 0 aliphatic carbocycles. The van der Waals surface area contributed by atoms with Crippen LogP contribution in [-0.2, 0) is 6.54 Å². The van der Waals surface area contributed by atoms with E-state index in [9.17, 15) is 4.79 Å². The van der Waals surface area contributed by atoms with Crippen molar-refractivity contribution in [2.24, 2.45) is 0 Å². The molecule has 2 aromatic rings. The zero-order chi connectivity index (χ0) is 10.1. The first kappa shape index (κ1) is 8.94. The largest absolute Gasteiger partial charge is 0.332 e. The molecule has 3 nitrogen and oxygen atoms in total. The fraction of sp³-hybridized carbons (Fsp3) is 0.273. The maximum absolute atomic E-state index is 11.5. The molecule has 72 valence electrons. The van der Waals surface area contributed by atoms with E-state index in [4.69, 9.17) is 0 Å². The van der Waals surface area contributed by atoms with E-state index in [-0.39, 0.29) is 5.56 Å². The van der Waals surface area contributed by atoms with Crippen molar-refractivity contribution >= 4 is 10.9 Å². The number of benzene rings is 1. The minimum absolute atomic E-state index is 0.145. The lowest BCUT2D eigenvalue weighted by Gasteiger charge is -2.06. The first-order valence-corrected chi connectivity index (χ1v) is 4.68. The van der Waals surface area contributed by atoms with Gasteiger partial charge < -0.3 is 4.57 Å². The van der Waals surface area contributed by atoms with Crippen molar-refractivity contribution in [3.63, 3.8) is 0 Å². The van der Waals surface area contributed by atoms with E-state index in [0.717, 1.165) is 17.6 Å². The van der Waals surface area contributed by atoms with Gasteiger partial charge in [-0.2, -0.15) is 4.98 Å². The van der Waals surface area contributed by atoms with Crippen LogP contribution in [0.25, 0.3) is 10.9 Å². The Morgan fingerprint density at radius 2 is 2.21 bits per heavy atom. The van der Waals surface area contributed by atoms with Crippen molar-refractivity contribution in [1.82, 2.24) is 9.55 Å². The molecule has 0 spiro atoms. The zero-order valence-electron chi connectivity index (χ0n) is 8.32. The fourth-order valence-corrected chi connectivity index (χ4v) is 1.58. The number of nitrogens with zero attached hydrogens (tertiary/aromatic N) is 2. The molecule has 0 bridgehead atoms. The summed E-state index contributed by atoms with van der Waals surface area (Å²) in [5, 5.41) is 0.703. The molecule has 3 heteroatoms. The van der Waals surface area contributed by atoms with E-state index in [0.29, 0.717) is 5.39 Å². The van der Waals surface area contributed by atoms with Gasteiger partial charge in [0.25, 0.3) is 5.56 Å². The van der Waals surface area contributed by atoms with Gasteiger partial charge in [-0.25, -0.2) is 0 Å². The lowest BCUT2D eigenvalue weighted by atomic mass is 10.1. The summed E-state index contributed by atoms with van der Waals surface area (Å²) < 4.78 is 1.97. The molecule has 14 heavy (non-hydrogen) atoms. The second-order valence-corrected chi connectivity index (χ2v) is 3.36. The molecule has 0 saturated carbocycles. The molecule has 0 atom stereocenters. The van der Waals surface area contributed by atoms with E-state index in [1.54, 1.807) is 6.33 Å². The third kappa shape index (κ3) is 1.31. The second-order valence-electron chi connectivity index (χ2n) is 3.36. The van der Waals surface area contributed by atoms with E-state index >= 15 is 0 Å². The van der Waals surface area contributed by atoms with Crippen LogP contribution >= 0.6 is 0 Å². The van der Waals surface area contributed by atoms with Crippen molar-refractivity contribution < 1.29 is 0 Å². The molecule has 0 unspecified atom stereocenters. The number of fused-ring (bicyclic) bond motifs is 1. The van der Waals surface area contributed by atoms with Crippen molar-refractivity contribution in [2.45, 2.75) is 20.4 Å². The highest BCUT2D eigenvalue weighted by atomic mass is 16.1. The number of aryl methyl sites for hydroxylation is 2. The van der Waals surface area contributed by atoms with Gasteiger partial charge in [0.1, 0.15) is 0 Å². The predicted molar refractivity (Wildman–Crippen MR) is 56.4 cm³/mol. The summed E-state index contributed by atoms with van der Waals surface area (Å²) in [5.74, 6) is 0. The first-order valence-electron chi connectivity index (χ1n) is 4.68. The van der Waals surface area contributed by atoms with Gasteiger partial charge in [0.2, 0.25) is 0 Å². The average molecular weight is 188 g/mol. The van der Waals surface area contributed by atoms with Gasteiger partial charge in [-0.1, -0.05) is 11.6 Å². The Balaban J connectivity index is 2.91. The van der Waals surface area contributed by atoms with Crippen LogP contribution in [0.4, 0.5) is 0 Å². The molecule has 0 saturated heterocycles. The summed E-state index contributed by atoms with van der Waals surface area (Å²) in [6, 6.07) is 5.86. The van der Waals surface area contributed by atoms with Crippen LogP contribution in [0.5, 0.6) is 0 Å². The minimum Gasteiger partial charge on any atom is -0.332 e. The molecular formula is C11H12N2O. The third-order valence-electron chi connectivity index (χ3n) is 2.35. The van der Waals surface area contributed by atoms with Gasteiger partial charge in [-0.05, 0) is 26.0 Å². The molecule has 0 aliphatic rings. The number of hydrogen-bond acceptors (Lipinski definition) is 2. The highest BCUT2D eigenvalue weighted by Crippen LogP contribution is 2.10. The van der Waals surface area contributed by atoms with Crippen LogP contribution < -0.4 is 5.56 Å². The van der Waals surface area contributed by atoms with Gasteiger partial charge in [-0.3, -0.25) is 4.79 Å². The molecule has 1 heterocycles. The number of rotatable bonds is 1. The van der Waals surface area contributed by atoms with Gasteiger partial charge in [-0.15, -0.1) is 0 Å². The van der Waals surface area contributed by atoms with Gasteiger partial charge in [0.05, 0.1) is 17.2 Å². The minimum atomic E-state index is -0.145. The van der Waals surface area contributed by atoms with Crippen molar-refractivity contribution in [1.29, 1.82) is 0 Å². The molecule has 0 aliphatic heterocycles. The Morgan fingerprint density at radius 3 is 2.93 bits per heavy atom. The van der Waals surface area contributed by atoms with Gasteiger partial charge in [0.15, 0.2) is 0 Å². The van der Waals surface area contributed by atoms with Crippen molar-refractivity contribution in [3.05, 3.63) is 40.4 Å². The summed E-state index contributed by atoms with van der Waals surface area (Å²) >= 11 is 0. The number of hydrogen-bond donors (Lipinski definition) is 0. The smallest absolute Gasteiger partial charge is 0.280 e. The Morgan fingerprint density at radius 1 is 1.43 bits per heavy atom. The Hall–Kier alpha value is -1.64. The summed E-state index contributed by atoms with van der Waals surface area (Å²) in [6.07, 6.45) is 1.60. The summed E-state index contributed by atoms with van der Waals surface area (Å²) in [5.41, 5.74) is 1.90. The Bertz CT molecular complexity index is 528. The first-order chi connectivity index (χ1) is 6.72. The standard InChI is InChI=1S/C11H12N2O/c1-3-13-7-12-11(14)9-6-8(2)4-5-10(9)13/h4-7H,3H2,1-2H3. The SMILES string of the molecule is CCn1cnc(=O)c2cc(C)ccc21. The lowest BCUT2D eigenvalue weighted by Crippen LogP contribution is -2.11. The van der Waals surface area contributed by atoms with Gasteiger partial charge >= 0.3 is 0 Å². The zero-order valence-corrected chi connectivity index (χ0v) is 8.32. The quantitative estimate of drug-likeness (QED) is 0.683. The van der Waals surface area contributed by atoms with Crippen LogP contribution in [0.3, 0.4) is 0 Å². The highest BCUT2D eigenvalue weighted by molar-refractivity contribution is 5.78. The van der Waals surface area contributed by atoms with Crippen LogP contribution in [0.2, 0.25) is 0 Å². The van der Waals surface area contributed by atoms with E-state index in [1.165, 1.54) is 0 Å². The molecule has 0 fully saturated rings. The highest BCUT2D eigenvalue weighted by Gasteiger charge is 2.01. The molecule has 0 amide bonds. The molecule has 1 aromatic heterocycles. The summed E-state index contributed by atoms with van der Waals surface area (Å²) in [6.45, 7) is 4.83. The van der Waals surface area contributed by atoms with Crippen LogP contribution in [0.15, 0.2) is 29.3 Å². The van der Waals surface area contributed by atoms with Crippen molar-refractivity contribution in [2.75, 3.05) is 0 Å². The topological polar surface area (TPSA) is 34.9 Å². The Labute approximate surface area is 82.0 Å². The average Bonchev–Trinajstić information content (AvgIpc) is 2.19. The number of aromatic nitrogens is 2. The molecular weight excluding hydrogens is 176 g/mol. The summed E-state index contributed by atoms with van der Waals surface area (Å²) in [7, 11) is 0.